The molecule has 24 heavy (non-hydrogen) atoms. The lowest BCUT2D eigenvalue weighted by atomic mass is 10.2. The van der Waals surface area contributed by atoms with Gasteiger partial charge in [-0.15, -0.1) is 0 Å². The third-order valence-electron chi connectivity index (χ3n) is 3.98. The Kier molecular flexibility index (Phi) is 4.00. The van der Waals surface area contributed by atoms with Gasteiger partial charge < -0.3 is 19.4 Å². The lowest BCUT2D eigenvalue weighted by molar-refractivity contribution is 0.122. The lowest BCUT2D eigenvalue weighted by Gasteiger charge is -2.26. The number of rotatable bonds is 4. The second kappa shape index (κ2) is 6.45. The topological polar surface area (TPSA) is 76.3 Å². The molecular weight excluding hydrogens is 306 g/mol. The zero-order valence-electron chi connectivity index (χ0n) is 13.5. The second-order valence-corrected chi connectivity index (χ2v) is 5.76. The number of benzene rings is 1. The zero-order chi connectivity index (χ0) is 16.4. The van der Waals surface area contributed by atoms with E-state index >= 15 is 0 Å². The van der Waals surface area contributed by atoms with Gasteiger partial charge in [-0.25, -0.2) is 15.0 Å². The summed E-state index contributed by atoms with van der Waals surface area (Å²) in [6.45, 7) is 5.65. The first-order chi connectivity index (χ1) is 11.8. The first-order valence-electron chi connectivity index (χ1n) is 8.02. The van der Waals surface area contributed by atoms with Gasteiger partial charge in [0.05, 0.1) is 13.2 Å². The van der Waals surface area contributed by atoms with Gasteiger partial charge in [-0.1, -0.05) is 0 Å². The molecule has 0 unspecified atom stereocenters. The smallest absolute Gasteiger partial charge is 0.225 e. The summed E-state index contributed by atoms with van der Waals surface area (Å²) in [5, 5.41) is 3.36. The van der Waals surface area contributed by atoms with E-state index in [-0.39, 0.29) is 0 Å². The quantitative estimate of drug-likeness (QED) is 0.789. The highest BCUT2D eigenvalue weighted by atomic mass is 16.5. The number of morpholine rings is 1. The van der Waals surface area contributed by atoms with Crippen molar-refractivity contribution < 1.29 is 9.15 Å². The van der Waals surface area contributed by atoms with Crippen molar-refractivity contribution >= 4 is 22.7 Å². The number of ether oxygens (including phenoxy) is 1. The van der Waals surface area contributed by atoms with E-state index in [0.29, 0.717) is 12.4 Å². The van der Waals surface area contributed by atoms with Crippen molar-refractivity contribution in [2.75, 3.05) is 36.5 Å². The monoisotopic (exact) mass is 325 g/mol. The summed E-state index contributed by atoms with van der Waals surface area (Å²) in [5.74, 6) is 1.44. The van der Waals surface area contributed by atoms with E-state index in [9.17, 15) is 0 Å². The lowest BCUT2D eigenvalue weighted by Crippen LogP contribution is -2.37. The highest BCUT2D eigenvalue weighted by Crippen LogP contribution is 2.20. The number of nitrogens with zero attached hydrogens (tertiary/aromatic N) is 4. The Morgan fingerprint density at radius 1 is 1.17 bits per heavy atom. The number of oxazole rings is 1. The van der Waals surface area contributed by atoms with Gasteiger partial charge in [0.2, 0.25) is 5.95 Å². The molecule has 0 amide bonds. The molecule has 1 saturated heterocycles. The highest BCUT2D eigenvalue weighted by Gasteiger charge is 2.13. The molecule has 0 bridgehead atoms. The fourth-order valence-corrected chi connectivity index (χ4v) is 2.72. The number of aromatic nitrogens is 3. The Balaban J connectivity index is 1.41. The predicted octanol–water partition coefficient (Wildman–Crippen LogP) is 2.37. The van der Waals surface area contributed by atoms with Crippen molar-refractivity contribution in [2.24, 2.45) is 0 Å². The normalized spacial score (nSPS) is 15.0. The molecule has 3 aromatic rings. The number of hydrogen-bond donors (Lipinski definition) is 1. The standard InChI is InChI=1S/C17H19N5O2/c1-12-21-15-3-2-14(8-16(15)24-12)18-9-13-10-19-17(20-11-13)22-4-6-23-7-5-22/h2-3,8,10-11,18H,4-7,9H2,1H3. The molecule has 124 valence electrons. The number of anilines is 2. The largest absolute Gasteiger partial charge is 0.441 e. The third-order valence-corrected chi connectivity index (χ3v) is 3.98. The minimum atomic E-state index is 0.655. The molecule has 1 N–H and O–H groups in total. The van der Waals surface area contributed by atoms with Gasteiger partial charge in [0.25, 0.3) is 0 Å². The molecule has 4 rings (SSSR count). The number of nitrogens with one attached hydrogen (secondary N) is 1. The molecule has 3 heterocycles. The first kappa shape index (κ1) is 14.9. The Morgan fingerprint density at radius 3 is 2.75 bits per heavy atom. The average molecular weight is 325 g/mol. The van der Waals surface area contributed by atoms with Gasteiger partial charge in [-0.2, -0.15) is 0 Å². The maximum absolute atomic E-state index is 5.55. The van der Waals surface area contributed by atoms with Crippen molar-refractivity contribution in [3.05, 3.63) is 42.0 Å². The van der Waals surface area contributed by atoms with Crippen LogP contribution in [-0.4, -0.2) is 41.3 Å². The summed E-state index contributed by atoms with van der Waals surface area (Å²) in [4.78, 5) is 15.4. The van der Waals surface area contributed by atoms with Crippen molar-refractivity contribution in [3.8, 4) is 0 Å². The average Bonchev–Trinajstić information content (AvgIpc) is 3.00. The molecular formula is C17H19N5O2. The number of fused-ring (bicyclic) bond motifs is 1. The summed E-state index contributed by atoms with van der Waals surface area (Å²) in [7, 11) is 0. The fourth-order valence-electron chi connectivity index (χ4n) is 2.72. The molecule has 1 aliphatic rings. The van der Waals surface area contributed by atoms with Crippen LogP contribution in [0.15, 0.2) is 35.0 Å². The van der Waals surface area contributed by atoms with Crippen LogP contribution in [0.25, 0.3) is 11.1 Å². The van der Waals surface area contributed by atoms with Crippen molar-refractivity contribution in [1.82, 2.24) is 15.0 Å². The van der Waals surface area contributed by atoms with Crippen molar-refractivity contribution in [3.63, 3.8) is 0 Å². The van der Waals surface area contributed by atoms with Crippen LogP contribution in [0.3, 0.4) is 0 Å². The van der Waals surface area contributed by atoms with Gasteiger partial charge >= 0.3 is 0 Å². The summed E-state index contributed by atoms with van der Waals surface area (Å²) in [6, 6.07) is 5.90. The van der Waals surface area contributed by atoms with E-state index in [4.69, 9.17) is 9.15 Å². The minimum absolute atomic E-state index is 0.655. The molecule has 1 fully saturated rings. The van der Waals surface area contributed by atoms with Gasteiger partial charge in [-0.3, -0.25) is 0 Å². The van der Waals surface area contributed by atoms with Gasteiger partial charge in [0.15, 0.2) is 11.5 Å². The molecule has 1 aliphatic heterocycles. The molecule has 1 aromatic carbocycles. The van der Waals surface area contributed by atoms with Gasteiger partial charge in [0.1, 0.15) is 5.52 Å². The second-order valence-electron chi connectivity index (χ2n) is 5.76. The zero-order valence-corrected chi connectivity index (χ0v) is 13.5. The molecule has 0 atom stereocenters. The van der Waals surface area contributed by atoms with Crippen molar-refractivity contribution in [1.29, 1.82) is 0 Å². The van der Waals surface area contributed by atoms with Gasteiger partial charge in [-0.05, 0) is 12.1 Å². The molecule has 7 nitrogen and oxygen atoms in total. The summed E-state index contributed by atoms with van der Waals surface area (Å²) < 4.78 is 10.9. The summed E-state index contributed by atoms with van der Waals surface area (Å²) in [6.07, 6.45) is 3.73. The summed E-state index contributed by atoms with van der Waals surface area (Å²) >= 11 is 0. The van der Waals surface area contributed by atoms with E-state index < -0.39 is 0 Å². The van der Waals surface area contributed by atoms with Crippen LogP contribution < -0.4 is 10.2 Å². The van der Waals surface area contributed by atoms with Crippen molar-refractivity contribution in [2.45, 2.75) is 13.5 Å². The summed E-state index contributed by atoms with van der Waals surface area (Å²) in [5.41, 5.74) is 3.67. The molecule has 0 saturated carbocycles. The molecule has 0 radical (unpaired) electrons. The first-order valence-corrected chi connectivity index (χ1v) is 8.02. The Bertz CT molecular complexity index is 825. The van der Waals surface area contributed by atoms with Crippen LogP contribution in [-0.2, 0) is 11.3 Å². The Morgan fingerprint density at radius 2 is 1.96 bits per heavy atom. The van der Waals surface area contributed by atoms with E-state index in [1.54, 1.807) is 0 Å². The van der Waals surface area contributed by atoms with Crippen LogP contribution in [0.2, 0.25) is 0 Å². The molecule has 7 heteroatoms. The Labute approximate surface area is 139 Å². The number of hydrogen-bond acceptors (Lipinski definition) is 7. The molecule has 0 aliphatic carbocycles. The van der Waals surface area contributed by atoms with E-state index in [1.807, 2.05) is 37.5 Å². The van der Waals surface area contributed by atoms with Crippen LogP contribution in [0.1, 0.15) is 11.5 Å². The predicted molar refractivity (Wildman–Crippen MR) is 91.1 cm³/mol. The maximum atomic E-state index is 5.55. The maximum Gasteiger partial charge on any atom is 0.225 e. The van der Waals surface area contributed by atoms with Gasteiger partial charge in [0, 0.05) is 56.3 Å². The van der Waals surface area contributed by atoms with Crippen LogP contribution in [0.5, 0.6) is 0 Å². The molecule has 0 spiro atoms. The van der Waals surface area contributed by atoms with E-state index in [1.165, 1.54) is 0 Å². The van der Waals surface area contributed by atoms with E-state index in [2.05, 4.69) is 25.2 Å². The third kappa shape index (κ3) is 3.16. The van der Waals surface area contributed by atoms with Crippen LogP contribution in [0, 0.1) is 6.92 Å². The van der Waals surface area contributed by atoms with Crippen LogP contribution in [0.4, 0.5) is 11.6 Å². The number of aryl methyl sites for hydroxylation is 1. The minimum Gasteiger partial charge on any atom is -0.441 e. The van der Waals surface area contributed by atoms with E-state index in [0.717, 1.165) is 54.6 Å². The Hall–Kier alpha value is -2.67. The molecule has 2 aromatic heterocycles. The SMILES string of the molecule is Cc1nc2ccc(NCc3cnc(N4CCOCC4)nc3)cc2o1. The highest BCUT2D eigenvalue weighted by molar-refractivity contribution is 5.77. The fraction of sp³-hybridized carbons (Fsp3) is 0.353. The van der Waals surface area contributed by atoms with Crippen LogP contribution >= 0.6 is 0 Å².